The summed E-state index contributed by atoms with van der Waals surface area (Å²) in [4.78, 5) is 4.48. The van der Waals surface area contributed by atoms with Crippen LogP contribution in [0.2, 0.25) is 0 Å². The standard InChI is InChI=1S/C21H19BrF5N3O2/c1-10-8-11(31-2)4-5-12(10)13-9-14(18(21(25,26)27)32-19(23)24)17-16(15(13)22)29-20-28-6-3-7-30(17)20/h4-5,8-9,18-19H,3,6-7H2,1-2H3,(H,28,29). The summed E-state index contributed by atoms with van der Waals surface area (Å²) < 4.78 is 79.2. The van der Waals surface area contributed by atoms with E-state index in [1.54, 1.807) is 29.7 Å². The molecule has 1 unspecified atom stereocenters. The molecule has 0 amide bonds. The molecule has 4 rings (SSSR count). The Hall–Kier alpha value is -2.40. The van der Waals surface area contributed by atoms with Gasteiger partial charge in [0.05, 0.1) is 17.1 Å². The molecule has 0 spiro atoms. The first-order chi connectivity index (χ1) is 15.1. The Morgan fingerprint density at radius 2 is 1.94 bits per heavy atom. The zero-order chi connectivity index (χ0) is 23.2. The molecule has 5 nitrogen and oxygen atoms in total. The summed E-state index contributed by atoms with van der Waals surface area (Å²) in [6.07, 6.45) is -7.23. The third-order valence-corrected chi connectivity index (χ3v) is 6.17. The van der Waals surface area contributed by atoms with Crippen LogP contribution in [0.15, 0.2) is 28.7 Å². The summed E-state index contributed by atoms with van der Waals surface area (Å²) in [7, 11) is 1.51. The van der Waals surface area contributed by atoms with Gasteiger partial charge in [-0.2, -0.15) is 22.0 Å². The highest BCUT2D eigenvalue weighted by atomic mass is 79.9. The molecule has 0 radical (unpaired) electrons. The fourth-order valence-corrected chi connectivity index (χ4v) is 4.60. The van der Waals surface area contributed by atoms with Crippen molar-refractivity contribution in [2.45, 2.75) is 38.8 Å². The minimum atomic E-state index is -5.06. The predicted octanol–water partition coefficient (Wildman–Crippen LogP) is 6.44. The number of nitrogens with zero attached hydrogens (tertiary/aromatic N) is 2. The second-order valence-corrected chi connectivity index (χ2v) is 8.18. The molecule has 2 aromatic carbocycles. The number of nitrogens with one attached hydrogen (secondary N) is 1. The van der Waals surface area contributed by atoms with E-state index in [0.29, 0.717) is 46.8 Å². The summed E-state index contributed by atoms with van der Waals surface area (Å²) in [5.41, 5.74) is 1.66. The van der Waals surface area contributed by atoms with E-state index in [9.17, 15) is 22.0 Å². The van der Waals surface area contributed by atoms with E-state index >= 15 is 0 Å². The Kier molecular flexibility index (Phi) is 6.06. The molecule has 1 atom stereocenters. The van der Waals surface area contributed by atoms with Crippen LogP contribution in [0.1, 0.15) is 23.7 Å². The van der Waals surface area contributed by atoms with Gasteiger partial charge in [0.15, 0.2) is 6.10 Å². The Morgan fingerprint density at radius 3 is 2.56 bits per heavy atom. The average molecular weight is 520 g/mol. The topological polar surface area (TPSA) is 48.3 Å². The maximum absolute atomic E-state index is 13.9. The molecule has 3 aromatic rings. The van der Waals surface area contributed by atoms with Crippen molar-refractivity contribution < 1.29 is 31.4 Å². The molecule has 0 bridgehead atoms. The third kappa shape index (κ3) is 4.03. The summed E-state index contributed by atoms with van der Waals surface area (Å²) in [6.45, 7) is -0.811. The Labute approximate surface area is 188 Å². The number of rotatable bonds is 5. The van der Waals surface area contributed by atoms with Crippen molar-refractivity contribution in [3.05, 3.63) is 39.9 Å². The molecule has 0 fully saturated rings. The molecule has 172 valence electrons. The first-order valence-electron chi connectivity index (χ1n) is 9.73. The molecular formula is C21H19BrF5N3O2. The Morgan fingerprint density at radius 1 is 1.19 bits per heavy atom. The number of benzene rings is 2. The van der Waals surface area contributed by atoms with Crippen molar-refractivity contribution in [1.29, 1.82) is 0 Å². The number of imidazole rings is 1. The molecule has 2 heterocycles. The van der Waals surface area contributed by atoms with Crippen LogP contribution < -0.4 is 10.1 Å². The second-order valence-electron chi connectivity index (χ2n) is 7.39. The van der Waals surface area contributed by atoms with Crippen molar-refractivity contribution in [3.8, 4) is 16.9 Å². The van der Waals surface area contributed by atoms with E-state index in [2.05, 4.69) is 31.0 Å². The SMILES string of the molecule is COc1ccc(-c2cc(C(OC(F)F)C(F)(F)F)c3c(nc4n3CCCN4)c2Br)c(C)c1. The number of hydrogen-bond donors (Lipinski definition) is 1. The van der Waals surface area contributed by atoms with E-state index < -0.39 is 24.5 Å². The van der Waals surface area contributed by atoms with Crippen molar-refractivity contribution in [1.82, 2.24) is 9.55 Å². The number of fused-ring (bicyclic) bond motifs is 3. The average Bonchev–Trinajstić information content (AvgIpc) is 3.12. The highest BCUT2D eigenvalue weighted by Gasteiger charge is 2.46. The molecule has 1 aliphatic heterocycles. The van der Waals surface area contributed by atoms with Crippen molar-refractivity contribution in [2.75, 3.05) is 19.0 Å². The maximum atomic E-state index is 13.9. The molecule has 32 heavy (non-hydrogen) atoms. The highest BCUT2D eigenvalue weighted by molar-refractivity contribution is 9.10. The Bertz CT molecular complexity index is 1160. The highest BCUT2D eigenvalue weighted by Crippen LogP contribution is 2.46. The smallest absolute Gasteiger partial charge is 0.419 e. The minimum Gasteiger partial charge on any atom is -0.497 e. The number of anilines is 1. The van der Waals surface area contributed by atoms with Gasteiger partial charge in [0.25, 0.3) is 0 Å². The number of aromatic nitrogens is 2. The predicted molar refractivity (Wildman–Crippen MR) is 113 cm³/mol. The molecule has 1 aromatic heterocycles. The van der Waals surface area contributed by atoms with Gasteiger partial charge in [-0.05, 0) is 64.2 Å². The van der Waals surface area contributed by atoms with Gasteiger partial charge in [0.1, 0.15) is 11.3 Å². The first-order valence-corrected chi connectivity index (χ1v) is 10.5. The Balaban J connectivity index is 2.05. The van der Waals surface area contributed by atoms with E-state index in [0.717, 1.165) is 5.56 Å². The number of ether oxygens (including phenoxy) is 2. The van der Waals surface area contributed by atoms with Gasteiger partial charge >= 0.3 is 12.8 Å². The fraction of sp³-hybridized carbons (Fsp3) is 0.381. The first kappa shape index (κ1) is 22.8. The van der Waals surface area contributed by atoms with Gasteiger partial charge < -0.3 is 19.4 Å². The summed E-state index contributed by atoms with van der Waals surface area (Å²) in [5.74, 6) is 0.967. The second kappa shape index (κ2) is 8.51. The van der Waals surface area contributed by atoms with Gasteiger partial charge in [-0.15, -0.1) is 0 Å². The minimum absolute atomic E-state index is 0.108. The number of halogens is 6. The van der Waals surface area contributed by atoms with Gasteiger partial charge in [-0.25, -0.2) is 4.98 Å². The summed E-state index contributed by atoms with van der Waals surface area (Å²) in [5, 5.41) is 3.05. The van der Waals surface area contributed by atoms with E-state index in [1.807, 2.05) is 0 Å². The van der Waals surface area contributed by atoms with Crippen molar-refractivity contribution in [2.24, 2.45) is 0 Å². The lowest BCUT2D eigenvalue weighted by Crippen LogP contribution is -2.26. The lowest BCUT2D eigenvalue weighted by Gasteiger charge is -2.24. The lowest BCUT2D eigenvalue weighted by atomic mass is 9.95. The summed E-state index contributed by atoms with van der Waals surface area (Å²) >= 11 is 3.49. The van der Waals surface area contributed by atoms with Crippen LogP contribution in [0.5, 0.6) is 5.75 Å². The molecule has 0 saturated carbocycles. The largest absolute Gasteiger partial charge is 0.497 e. The van der Waals surface area contributed by atoms with Crippen LogP contribution in [0.4, 0.5) is 27.9 Å². The monoisotopic (exact) mass is 519 g/mol. The lowest BCUT2D eigenvalue weighted by molar-refractivity contribution is -0.276. The number of aryl methyl sites for hydroxylation is 2. The number of methoxy groups -OCH3 is 1. The van der Waals surface area contributed by atoms with Crippen molar-refractivity contribution in [3.63, 3.8) is 0 Å². The maximum Gasteiger partial charge on any atom is 0.419 e. The number of hydrogen-bond acceptors (Lipinski definition) is 4. The third-order valence-electron chi connectivity index (χ3n) is 5.37. The molecule has 11 heteroatoms. The van der Waals surface area contributed by atoms with Gasteiger partial charge in [0.2, 0.25) is 5.95 Å². The zero-order valence-corrected chi connectivity index (χ0v) is 18.7. The van der Waals surface area contributed by atoms with Crippen LogP contribution in [-0.2, 0) is 11.3 Å². The van der Waals surface area contributed by atoms with E-state index in [1.165, 1.54) is 13.2 Å². The van der Waals surface area contributed by atoms with Crippen LogP contribution >= 0.6 is 15.9 Å². The zero-order valence-electron chi connectivity index (χ0n) is 17.1. The molecule has 0 saturated heterocycles. The quantitative estimate of drug-likeness (QED) is 0.394. The van der Waals surface area contributed by atoms with Gasteiger partial charge in [-0.1, -0.05) is 6.07 Å². The van der Waals surface area contributed by atoms with Crippen LogP contribution in [-0.4, -0.2) is 36.0 Å². The molecular weight excluding hydrogens is 501 g/mol. The van der Waals surface area contributed by atoms with Gasteiger partial charge in [-0.3, -0.25) is 0 Å². The van der Waals surface area contributed by atoms with Crippen LogP contribution in [0, 0.1) is 6.92 Å². The molecule has 1 N–H and O–H groups in total. The fourth-order valence-electron chi connectivity index (χ4n) is 3.99. The van der Waals surface area contributed by atoms with E-state index in [-0.39, 0.29) is 11.0 Å². The summed E-state index contributed by atoms with van der Waals surface area (Å²) in [6, 6.07) is 6.37. The normalized spacial score (nSPS) is 15.0. The molecule has 1 aliphatic rings. The molecule has 0 aliphatic carbocycles. The van der Waals surface area contributed by atoms with E-state index in [4.69, 9.17) is 4.74 Å². The van der Waals surface area contributed by atoms with Crippen molar-refractivity contribution >= 4 is 32.9 Å². The van der Waals surface area contributed by atoms with Gasteiger partial charge in [0, 0.05) is 18.7 Å². The van der Waals surface area contributed by atoms with Crippen LogP contribution in [0.3, 0.4) is 0 Å². The number of alkyl halides is 5. The van der Waals surface area contributed by atoms with Crippen LogP contribution in [0.25, 0.3) is 22.2 Å².